The summed E-state index contributed by atoms with van der Waals surface area (Å²) in [6, 6.07) is 0. The third-order valence-corrected chi connectivity index (χ3v) is 0. The van der Waals surface area contributed by atoms with Gasteiger partial charge in [0.1, 0.15) is 0 Å². The van der Waals surface area contributed by atoms with Gasteiger partial charge in [-0.25, -0.2) is 0 Å². The van der Waals surface area contributed by atoms with Crippen LogP contribution < -0.4 is 0 Å². The second kappa shape index (κ2) is 18.4. The summed E-state index contributed by atoms with van der Waals surface area (Å²) in [5, 5.41) is 0. The van der Waals surface area contributed by atoms with Gasteiger partial charge in [0.15, 0.2) is 0 Å². The topological polar surface area (TPSA) is 0 Å². The molecule has 4 heavy (non-hydrogen) atoms. The van der Waals surface area contributed by atoms with Crippen molar-refractivity contribution in [2.45, 2.75) is 0 Å². The summed E-state index contributed by atoms with van der Waals surface area (Å²) in [4.78, 5) is 0. The SMILES string of the molecule is Br.Br.Br.[PoH2]. The molecule has 0 aromatic carbocycles. The third-order valence-electron chi connectivity index (χ3n) is 0. The van der Waals surface area contributed by atoms with Gasteiger partial charge in [-0.15, -0.1) is 50.9 Å². The van der Waals surface area contributed by atoms with E-state index in [1.807, 2.05) is 0 Å². The van der Waals surface area contributed by atoms with Gasteiger partial charge in [-0.3, -0.25) is 0 Å². The Morgan fingerprint density at radius 2 is 0.500 bits per heavy atom. The molecule has 0 rings (SSSR count). The average Bonchev–Trinajstić information content (AvgIpc) is 0. The van der Waals surface area contributed by atoms with Gasteiger partial charge in [-0.05, 0) is 0 Å². The van der Waals surface area contributed by atoms with Crippen LogP contribution >= 0.6 is 50.9 Å². The Morgan fingerprint density at radius 1 is 0.500 bits per heavy atom. The summed E-state index contributed by atoms with van der Waals surface area (Å²) in [5.41, 5.74) is 0. The zero-order valence-electron chi connectivity index (χ0n) is 1.72. The summed E-state index contributed by atoms with van der Waals surface area (Å²) in [7, 11) is 0. The van der Waals surface area contributed by atoms with E-state index in [0.717, 1.165) is 0 Å². The number of hydrogen-bond donors (Lipinski definition) is 0. The van der Waals surface area contributed by atoms with Crippen molar-refractivity contribution >= 4 is 77.5 Å². The maximum atomic E-state index is 0. The van der Waals surface area contributed by atoms with Gasteiger partial charge in [0, 0.05) is 0 Å². The van der Waals surface area contributed by atoms with Crippen LogP contribution in [0.15, 0.2) is 0 Å². The molecule has 0 aromatic heterocycles. The average molecular weight is 454 g/mol. The Hall–Kier alpha value is 2.34. The molecule has 0 aliphatic carbocycles. The monoisotopic (exact) mass is 451 g/mol. The van der Waals surface area contributed by atoms with Crippen LogP contribution in [-0.4, -0.2) is 26.6 Å². The van der Waals surface area contributed by atoms with Crippen molar-refractivity contribution in [3.63, 3.8) is 0 Å². The van der Waals surface area contributed by atoms with E-state index in [9.17, 15) is 0 Å². The van der Waals surface area contributed by atoms with E-state index < -0.39 is 0 Å². The molecule has 0 unspecified atom stereocenters. The summed E-state index contributed by atoms with van der Waals surface area (Å²) in [6.07, 6.45) is 0. The normalized spacial score (nSPS) is 0. The Labute approximate surface area is 76.5 Å². The van der Waals surface area contributed by atoms with E-state index >= 15 is 0 Å². The fraction of sp³-hybridized carbons (Fsp3) is 0. The number of rotatable bonds is 0. The first-order valence-corrected chi connectivity index (χ1v) is 0. The summed E-state index contributed by atoms with van der Waals surface area (Å²) in [6.45, 7) is 0. The first-order chi connectivity index (χ1) is 0. The molecule has 0 spiro atoms. The van der Waals surface area contributed by atoms with Crippen molar-refractivity contribution < 1.29 is 0 Å². The van der Waals surface area contributed by atoms with Crippen molar-refractivity contribution in [3.8, 4) is 0 Å². The minimum absolute atomic E-state index is 0. The van der Waals surface area contributed by atoms with Crippen molar-refractivity contribution in [2.24, 2.45) is 0 Å². The van der Waals surface area contributed by atoms with Crippen LogP contribution in [-0.2, 0) is 0 Å². The zero-order chi connectivity index (χ0) is 0. The zero-order valence-corrected chi connectivity index (χ0v) is 10.8. The van der Waals surface area contributed by atoms with Crippen molar-refractivity contribution in [1.29, 1.82) is 0 Å². The molecule has 0 bridgehead atoms. The summed E-state index contributed by atoms with van der Waals surface area (Å²) >= 11 is 0. The fourth-order valence-corrected chi connectivity index (χ4v) is 0. The van der Waals surface area contributed by atoms with Crippen molar-refractivity contribution in [3.05, 3.63) is 0 Å². The van der Waals surface area contributed by atoms with Gasteiger partial charge >= 0.3 is 26.6 Å². The maximum absolute atomic E-state index is 0. The molecule has 0 N–H and O–H groups in total. The Kier molecular flexibility index (Phi) is 152. The Balaban J connectivity index is 0. The fourth-order valence-electron chi connectivity index (χ4n) is 0. The van der Waals surface area contributed by atoms with Gasteiger partial charge < -0.3 is 0 Å². The molecule has 0 saturated carbocycles. The Bertz CT molecular complexity index is 3.25. The molecule has 4 heteroatoms. The molecule has 0 radical (unpaired) electrons. The molecule has 0 saturated heterocycles. The quantitative estimate of drug-likeness (QED) is 0.509. The van der Waals surface area contributed by atoms with Crippen molar-refractivity contribution in [2.75, 3.05) is 0 Å². The first kappa shape index (κ1) is 33.1. The number of hydrogen-bond acceptors (Lipinski definition) is 0. The van der Waals surface area contributed by atoms with E-state index in [1.54, 1.807) is 0 Å². The van der Waals surface area contributed by atoms with Gasteiger partial charge in [0.2, 0.25) is 0 Å². The molecule has 32 valence electrons. The van der Waals surface area contributed by atoms with Crippen LogP contribution in [0.25, 0.3) is 0 Å². The second-order valence-corrected chi connectivity index (χ2v) is 0. The van der Waals surface area contributed by atoms with Crippen LogP contribution in [0.3, 0.4) is 0 Å². The predicted molar refractivity (Wildman–Crippen MR) is 39.5 cm³/mol. The molecular weight excluding hydrogens is 449 g/mol. The van der Waals surface area contributed by atoms with Gasteiger partial charge in [-0.2, -0.15) is 0 Å². The van der Waals surface area contributed by atoms with Gasteiger partial charge in [-0.1, -0.05) is 0 Å². The molecule has 0 nitrogen and oxygen atoms in total. The molecule has 0 amide bonds. The molecule has 0 fully saturated rings. The second-order valence-electron chi connectivity index (χ2n) is 0. The standard InChI is InChI=1S/3BrH.Po.2H/h3*1H;;;. The first-order valence-electron chi connectivity index (χ1n) is 0. The summed E-state index contributed by atoms with van der Waals surface area (Å²) in [5.74, 6) is 0. The summed E-state index contributed by atoms with van der Waals surface area (Å²) < 4.78 is 0. The van der Waals surface area contributed by atoms with Crippen LogP contribution in [0.5, 0.6) is 0 Å². The third kappa shape index (κ3) is 8.84. The van der Waals surface area contributed by atoms with Crippen LogP contribution in [0.4, 0.5) is 0 Å². The molecular formula is H5Br3Po. The van der Waals surface area contributed by atoms with E-state index in [2.05, 4.69) is 0 Å². The van der Waals surface area contributed by atoms with E-state index in [1.165, 1.54) is 0 Å². The molecule has 0 aliphatic rings. The molecule has 0 heterocycles. The van der Waals surface area contributed by atoms with Gasteiger partial charge in [0.05, 0.1) is 0 Å². The van der Waals surface area contributed by atoms with E-state index in [0.29, 0.717) is 0 Å². The predicted octanol–water partition coefficient (Wildman–Crippen LogP) is 0.817. The van der Waals surface area contributed by atoms with E-state index in [4.69, 9.17) is 0 Å². The minimum atomic E-state index is 0. The van der Waals surface area contributed by atoms with Gasteiger partial charge in [0.25, 0.3) is 0 Å². The van der Waals surface area contributed by atoms with Crippen LogP contribution in [0.2, 0.25) is 0 Å². The van der Waals surface area contributed by atoms with Crippen LogP contribution in [0.1, 0.15) is 0 Å². The molecule has 0 aliphatic heterocycles. The van der Waals surface area contributed by atoms with Crippen molar-refractivity contribution in [1.82, 2.24) is 0 Å². The molecule has 0 atom stereocenters. The molecule has 0 aromatic rings. The number of halogens is 3. The van der Waals surface area contributed by atoms with Crippen LogP contribution in [0, 0.1) is 0 Å². The van der Waals surface area contributed by atoms with E-state index in [-0.39, 0.29) is 77.5 Å². The Morgan fingerprint density at radius 3 is 0.500 bits per heavy atom.